The molecule has 0 spiro atoms. The Hall–Kier alpha value is -1.13. The number of ether oxygens (including phenoxy) is 2. The zero-order chi connectivity index (χ0) is 10.1. The fourth-order valence-corrected chi connectivity index (χ4v) is 1.42. The molecule has 1 aliphatic heterocycles. The molecule has 1 aromatic carbocycles. The summed E-state index contributed by atoms with van der Waals surface area (Å²) in [5, 5.41) is -0.823. The van der Waals surface area contributed by atoms with Gasteiger partial charge in [0.25, 0.3) is 5.24 Å². The van der Waals surface area contributed by atoms with E-state index < -0.39 is 11.1 Å². The first-order valence-electron chi connectivity index (χ1n) is 3.92. The average Bonchev–Trinajstić information content (AvgIpc) is 2.18. The molecule has 74 valence electrons. The molecule has 0 bridgehead atoms. The van der Waals surface area contributed by atoms with Crippen molar-refractivity contribution in [3.8, 4) is 5.75 Å². The van der Waals surface area contributed by atoms with Crippen LogP contribution in [0.4, 0.5) is 4.39 Å². The summed E-state index contributed by atoms with van der Waals surface area (Å²) >= 11 is 5.19. The van der Waals surface area contributed by atoms with Gasteiger partial charge in [0, 0.05) is 0 Å². The molecule has 0 amide bonds. The molecule has 0 aliphatic carbocycles. The third kappa shape index (κ3) is 1.47. The van der Waals surface area contributed by atoms with Crippen molar-refractivity contribution < 1.29 is 18.7 Å². The molecule has 2 rings (SSSR count). The van der Waals surface area contributed by atoms with Crippen molar-refractivity contribution in [2.24, 2.45) is 0 Å². The molecular formula is C9H6ClFO3. The molecule has 0 unspecified atom stereocenters. The third-order valence-corrected chi connectivity index (χ3v) is 2.16. The van der Waals surface area contributed by atoms with E-state index in [-0.39, 0.29) is 24.5 Å². The largest absolute Gasteiger partial charge is 0.467 e. The van der Waals surface area contributed by atoms with Crippen LogP contribution in [0.3, 0.4) is 0 Å². The molecule has 1 heterocycles. The first kappa shape index (κ1) is 9.43. The Morgan fingerprint density at radius 1 is 1.50 bits per heavy atom. The topological polar surface area (TPSA) is 35.5 Å². The van der Waals surface area contributed by atoms with Crippen molar-refractivity contribution in [1.82, 2.24) is 0 Å². The van der Waals surface area contributed by atoms with Gasteiger partial charge in [0.2, 0.25) is 0 Å². The standard InChI is InChI=1S/C9H6ClFO3/c10-9(12)5-1-2-7-6(8(5)11)3-13-4-14-7/h1-2H,3-4H2. The van der Waals surface area contributed by atoms with Crippen molar-refractivity contribution in [3.63, 3.8) is 0 Å². The number of halogens is 2. The van der Waals surface area contributed by atoms with Gasteiger partial charge in [0.05, 0.1) is 17.7 Å². The Bertz CT molecular complexity index is 392. The van der Waals surface area contributed by atoms with Gasteiger partial charge in [0.1, 0.15) is 11.6 Å². The number of hydrogen-bond acceptors (Lipinski definition) is 3. The van der Waals surface area contributed by atoms with Crippen LogP contribution in [0.15, 0.2) is 12.1 Å². The number of rotatable bonds is 1. The highest BCUT2D eigenvalue weighted by atomic mass is 35.5. The van der Waals surface area contributed by atoms with Crippen molar-refractivity contribution in [2.45, 2.75) is 6.61 Å². The van der Waals surface area contributed by atoms with Crippen LogP contribution in [0.2, 0.25) is 0 Å². The highest BCUT2D eigenvalue weighted by Gasteiger charge is 2.20. The molecule has 0 saturated heterocycles. The predicted molar refractivity (Wildman–Crippen MR) is 46.9 cm³/mol. The van der Waals surface area contributed by atoms with Crippen LogP contribution in [0.25, 0.3) is 0 Å². The smallest absolute Gasteiger partial charge is 0.255 e. The fraction of sp³-hybridized carbons (Fsp3) is 0.222. The van der Waals surface area contributed by atoms with Gasteiger partial charge in [-0.15, -0.1) is 0 Å². The lowest BCUT2D eigenvalue weighted by molar-refractivity contribution is -0.0182. The minimum absolute atomic E-state index is 0.0964. The highest BCUT2D eigenvalue weighted by molar-refractivity contribution is 6.67. The Labute approximate surface area is 84.4 Å². The van der Waals surface area contributed by atoms with Gasteiger partial charge in [-0.1, -0.05) is 0 Å². The van der Waals surface area contributed by atoms with Crippen LogP contribution in [0.5, 0.6) is 5.75 Å². The summed E-state index contributed by atoms with van der Waals surface area (Å²) < 4.78 is 23.5. The third-order valence-electron chi connectivity index (χ3n) is 1.96. The van der Waals surface area contributed by atoms with Crippen LogP contribution in [0, 0.1) is 5.82 Å². The zero-order valence-corrected chi connectivity index (χ0v) is 7.81. The van der Waals surface area contributed by atoms with Gasteiger partial charge in [-0.3, -0.25) is 4.79 Å². The second-order valence-electron chi connectivity index (χ2n) is 2.79. The Kier molecular flexibility index (Phi) is 2.39. The van der Waals surface area contributed by atoms with Gasteiger partial charge in [-0.2, -0.15) is 0 Å². The van der Waals surface area contributed by atoms with E-state index >= 15 is 0 Å². The predicted octanol–water partition coefficient (Wildman–Crippen LogP) is 2.07. The average molecular weight is 217 g/mol. The molecular weight excluding hydrogens is 211 g/mol. The SMILES string of the molecule is O=C(Cl)c1ccc2c(c1F)COCO2. The minimum Gasteiger partial charge on any atom is -0.467 e. The van der Waals surface area contributed by atoms with E-state index in [1.54, 1.807) is 0 Å². The Balaban J connectivity index is 2.54. The number of benzene rings is 1. The van der Waals surface area contributed by atoms with Crippen molar-refractivity contribution >= 4 is 16.8 Å². The molecule has 14 heavy (non-hydrogen) atoms. The van der Waals surface area contributed by atoms with Crippen LogP contribution in [0.1, 0.15) is 15.9 Å². The lowest BCUT2D eigenvalue weighted by Gasteiger charge is -2.18. The van der Waals surface area contributed by atoms with Crippen molar-refractivity contribution in [3.05, 3.63) is 29.1 Å². The lowest BCUT2D eigenvalue weighted by Crippen LogP contribution is -2.14. The van der Waals surface area contributed by atoms with E-state index in [2.05, 4.69) is 0 Å². The molecule has 0 saturated carbocycles. The summed E-state index contributed by atoms with van der Waals surface area (Å²) in [6.45, 7) is 0.194. The van der Waals surface area contributed by atoms with E-state index in [1.807, 2.05) is 0 Å². The van der Waals surface area contributed by atoms with E-state index in [0.717, 1.165) is 0 Å². The Morgan fingerprint density at radius 3 is 3.00 bits per heavy atom. The molecule has 0 radical (unpaired) electrons. The normalized spacial score (nSPS) is 14.4. The Morgan fingerprint density at radius 2 is 2.29 bits per heavy atom. The monoisotopic (exact) mass is 216 g/mol. The molecule has 5 heteroatoms. The summed E-state index contributed by atoms with van der Waals surface area (Å²) in [4.78, 5) is 10.8. The van der Waals surface area contributed by atoms with E-state index in [1.165, 1.54) is 12.1 Å². The van der Waals surface area contributed by atoms with Crippen LogP contribution in [-0.4, -0.2) is 12.0 Å². The lowest BCUT2D eigenvalue weighted by atomic mass is 10.1. The molecule has 0 N–H and O–H groups in total. The van der Waals surface area contributed by atoms with Gasteiger partial charge < -0.3 is 9.47 Å². The van der Waals surface area contributed by atoms with Crippen LogP contribution >= 0.6 is 11.6 Å². The zero-order valence-electron chi connectivity index (χ0n) is 7.05. The van der Waals surface area contributed by atoms with Crippen LogP contribution < -0.4 is 4.74 Å². The van der Waals surface area contributed by atoms with Gasteiger partial charge in [-0.05, 0) is 23.7 Å². The first-order valence-corrected chi connectivity index (χ1v) is 4.29. The molecule has 1 aliphatic rings. The molecule has 0 atom stereocenters. The van der Waals surface area contributed by atoms with Crippen molar-refractivity contribution in [1.29, 1.82) is 0 Å². The summed E-state index contributed by atoms with van der Waals surface area (Å²) in [7, 11) is 0. The van der Waals surface area contributed by atoms with E-state index in [9.17, 15) is 9.18 Å². The number of carbonyl (C=O) groups is 1. The molecule has 0 fully saturated rings. The maximum absolute atomic E-state index is 13.5. The fourth-order valence-electron chi connectivity index (χ4n) is 1.27. The summed E-state index contributed by atoms with van der Waals surface area (Å²) in [6, 6.07) is 2.81. The highest BCUT2D eigenvalue weighted by Crippen LogP contribution is 2.28. The van der Waals surface area contributed by atoms with E-state index in [4.69, 9.17) is 21.1 Å². The minimum atomic E-state index is -0.823. The maximum Gasteiger partial charge on any atom is 0.255 e. The van der Waals surface area contributed by atoms with Gasteiger partial charge >= 0.3 is 0 Å². The summed E-state index contributed by atoms with van der Waals surface area (Å²) in [5.41, 5.74) is 0.0854. The molecule has 0 aromatic heterocycles. The van der Waals surface area contributed by atoms with Crippen LogP contribution in [-0.2, 0) is 11.3 Å². The van der Waals surface area contributed by atoms with E-state index in [0.29, 0.717) is 5.75 Å². The molecule has 3 nitrogen and oxygen atoms in total. The number of fused-ring (bicyclic) bond motifs is 1. The van der Waals surface area contributed by atoms with Crippen molar-refractivity contribution in [2.75, 3.05) is 6.79 Å². The number of hydrogen-bond donors (Lipinski definition) is 0. The summed E-state index contributed by atoms with van der Waals surface area (Å²) in [5.74, 6) is -0.266. The first-order chi connectivity index (χ1) is 6.70. The second-order valence-corrected chi connectivity index (χ2v) is 3.13. The molecule has 1 aromatic rings. The summed E-state index contributed by atoms with van der Waals surface area (Å²) in [6.07, 6.45) is 0. The second kappa shape index (κ2) is 3.55. The quantitative estimate of drug-likeness (QED) is 0.675. The maximum atomic E-state index is 13.5. The van der Waals surface area contributed by atoms with Gasteiger partial charge in [0.15, 0.2) is 6.79 Å². The number of carbonyl (C=O) groups excluding carboxylic acids is 1. The van der Waals surface area contributed by atoms with Gasteiger partial charge in [-0.25, -0.2) is 4.39 Å².